The lowest BCUT2D eigenvalue weighted by Crippen LogP contribution is -2.16. The van der Waals surface area contributed by atoms with Crippen molar-refractivity contribution in [3.8, 4) is 67.4 Å². The molecule has 49 heavy (non-hydrogen) atoms. The van der Waals surface area contributed by atoms with Gasteiger partial charge in [0, 0.05) is 33.1 Å². The van der Waals surface area contributed by atoms with Crippen molar-refractivity contribution in [1.29, 1.82) is 0 Å². The summed E-state index contributed by atoms with van der Waals surface area (Å²) in [4.78, 5) is 15.6. The Balaban J connectivity index is 1.22. The fourth-order valence-electron chi connectivity index (χ4n) is 7.44. The molecular weight excluding hydrogens is 595 g/mol. The van der Waals surface area contributed by atoms with Crippen LogP contribution < -0.4 is 0 Å². The van der Waals surface area contributed by atoms with Gasteiger partial charge in [0.15, 0.2) is 5.82 Å². The van der Waals surface area contributed by atoms with E-state index in [1.54, 1.807) is 0 Å². The SMILES string of the molecule is CC1(C)c2ccccc2-c2nc3ccccc3c(-c3cccc(-c4cc(-c5ccccc5)nc(-c5ccc(-c6ccccc6)cc5)n4)c3)c21. The van der Waals surface area contributed by atoms with Crippen molar-refractivity contribution in [1.82, 2.24) is 15.0 Å². The third-order valence-electron chi connectivity index (χ3n) is 9.87. The van der Waals surface area contributed by atoms with Crippen LogP contribution in [0.3, 0.4) is 0 Å². The molecule has 0 bridgehead atoms. The molecule has 0 saturated heterocycles. The average Bonchev–Trinajstić information content (AvgIpc) is 3.40. The van der Waals surface area contributed by atoms with E-state index in [2.05, 4.69) is 166 Å². The molecule has 2 heterocycles. The first kappa shape index (κ1) is 29.0. The Kier molecular flexibility index (Phi) is 6.80. The van der Waals surface area contributed by atoms with Crippen molar-refractivity contribution in [2.24, 2.45) is 0 Å². The Morgan fingerprint density at radius 2 is 1.00 bits per heavy atom. The van der Waals surface area contributed by atoms with E-state index in [9.17, 15) is 0 Å². The standard InChI is InChI=1S/C46H33N3/c1-46(2)38-22-11-9-20-36(38)44-43(46)42(37-21-10-12-23-39(37)47-44)35-19-13-18-34(28-35)41-29-40(32-16-7-4-8-17-32)48-45(49-41)33-26-24-31(25-27-33)30-14-5-3-6-15-30/h3-29H,1-2H3. The molecule has 1 aliphatic carbocycles. The van der Waals surface area contributed by atoms with Crippen LogP contribution in [0.2, 0.25) is 0 Å². The molecule has 0 aliphatic heterocycles. The molecule has 0 unspecified atom stereocenters. The van der Waals surface area contributed by atoms with Gasteiger partial charge in [0.25, 0.3) is 0 Å². The Labute approximate surface area is 286 Å². The van der Waals surface area contributed by atoms with Crippen LogP contribution in [-0.2, 0) is 5.41 Å². The van der Waals surface area contributed by atoms with E-state index < -0.39 is 0 Å². The lowest BCUT2D eigenvalue weighted by molar-refractivity contribution is 0.662. The van der Waals surface area contributed by atoms with Gasteiger partial charge in [-0.3, -0.25) is 0 Å². The third kappa shape index (κ3) is 4.94. The van der Waals surface area contributed by atoms with E-state index in [1.165, 1.54) is 33.4 Å². The number of hydrogen-bond donors (Lipinski definition) is 0. The van der Waals surface area contributed by atoms with Gasteiger partial charge in [-0.05, 0) is 51.6 Å². The quantitative estimate of drug-likeness (QED) is 0.191. The highest BCUT2D eigenvalue weighted by atomic mass is 14.9. The topological polar surface area (TPSA) is 38.7 Å². The fourth-order valence-corrected chi connectivity index (χ4v) is 7.44. The molecule has 0 atom stereocenters. The molecule has 0 saturated carbocycles. The largest absolute Gasteiger partial charge is 0.247 e. The highest BCUT2D eigenvalue weighted by Crippen LogP contribution is 2.53. The van der Waals surface area contributed by atoms with Gasteiger partial charge < -0.3 is 0 Å². The van der Waals surface area contributed by atoms with Gasteiger partial charge in [-0.2, -0.15) is 0 Å². The maximum atomic E-state index is 5.25. The maximum Gasteiger partial charge on any atom is 0.160 e. The van der Waals surface area contributed by atoms with Crippen LogP contribution in [-0.4, -0.2) is 15.0 Å². The summed E-state index contributed by atoms with van der Waals surface area (Å²) in [5.74, 6) is 0.702. The normalized spacial score (nSPS) is 12.9. The summed E-state index contributed by atoms with van der Waals surface area (Å²) < 4.78 is 0. The lowest BCUT2D eigenvalue weighted by Gasteiger charge is -2.25. The molecule has 0 N–H and O–H groups in total. The maximum absolute atomic E-state index is 5.25. The first-order valence-corrected chi connectivity index (χ1v) is 16.8. The van der Waals surface area contributed by atoms with Crippen molar-refractivity contribution >= 4 is 10.9 Å². The number of nitrogens with zero attached hydrogens (tertiary/aromatic N) is 3. The second kappa shape index (κ2) is 11.5. The van der Waals surface area contributed by atoms with E-state index >= 15 is 0 Å². The van der Waals surface area contributed by atoms with Crippen LogP contribution in [0, 0.1) is 0 Å². The summed E-state index contributed by atoms with van der Waals surface area (Å²) >= 11 is 0. The monoisotopic (exact) mass is 627 g/mol. The molecule has 3 heteroatoms. The number of hydrogen-bond acceptors (Lipinski definition) is 3. The summed E-state index contributed by atoms with van der Waals surface area (Å²) in [5.41, 5.74) is 15.3. The minimum absolute atomic E-state index is 0.206. The predicted molar refractivity (Wildman–Crippen MR) is 202 cm³/mol. The molecule has 232 valence electrons. The van der Waals surface area contributed by atoms with E-state index in [-0.39, 0.29) is 5.41 Å². The van der Waals surface area contributed by atoms with Crippen molar-refractivity contribution in [2.45, 2.75) is 19.3 Å². The number of benzene rings is 6. The summed E-state index contributed by atoms with van der Waals surface area (Å²) in [6.07, 6.45) is 0. The molecule has 3 nitrogen and oxygen atoms in total. The van der Waals surface area contributed by atoms with Crippen molar-refractivity contribution in [2.75, 3.05) is 0 Å². The Hall–Kier alpha value is -6.19. The highest BCUT2D eigenvalue weighted by molar-refractivity contribution is 6.02. The fraction of sp³-hybridized carbons (Fsp3) is 0.0652. The smallest absolute Gasteiger partial charge is 0.160 e. The van der Waals surface area contributed by atoms with Crippen LogP contribution >= 0.6 is 0 Å². The molecule has 0 radical (unpaired) electrons. The van der Waals surface area contributed by atoms with Gasteiger partial charge in [-0.1, -0.05) is 159 Å². The summed E-state index contributed by atoms with van der Waals surface area (Å²) in [6.45, 7) is 4.65. The number of pyridine rings is 1. The van der Waals surface area contributed by atoms with Crippen LogP contribution in [0.4, 0.5) is 0 Å². The van der Waals surface area contributed by atoms with Crippen LogP contribution in [0.1, 0.15) is 25.0 Å². The number of aromatic nitrogens is 3. The molecule has 0 amide bonds. The number of rotatable bonds is 5. The second-order valence-corrected chi connectivity index (χ2v) is 13.3. The minimum Gasteiger partial charge on any atom is -0.247 e. The third-order valence-corrected chi connectivity index (χ3v) is 9.87. The number of fused-ring (bicyclic) bond motifs is 4. The summed E-state index contributed by atoms with van der Waals surface area (Å²) in [5, 5.41) is 1.16. The first-order chi connectivity index (χ1) is 24.0. The van der Waals surface area contributed by atoms with Crippen LogP contribution in [0.25, 0.3) is 78.3 Å². The predicted octanol–water partition coefficient (Wildman–Crippen LogP) is 11.7. The summed E-state index contributed by atoms with van der Waals surface area (Å²) in [7, 11) is 0. The van der Waals surface area contributed by atoms with Gasteiger partial charge >= 0.3 is 0 Å². The second-order valence-electron chi connectivity index (χ2n) is 13.3. The lowest BCUT2D eigenvalue weighted by atomic mass is 9.78. The van der Waals surface area contributed by atoms with Gasteiger partial charge in [0.05, 0.1) is 22.6 Å². The Bertz CT molecular complexity index is 2500. The van der Waals surface area contributed by atoms with E-state index in [0.29, 0.717) is 5.82 Å². The molecule has 2 aromatic heterocycles. The van der Waals surface area contributed by atoms with E-state index in [1.807, 2.05) is 12.1 Å². The van der Waals surface area contributed by atoms with Crippen LogP contribution in [0.5, 0.6) is 0 Å². The molecule has 1 aliphatic rings. The minimum atomic E-state index is -0.206. The molecule has 9 rings (SSSR count). The highest BCUT2D eigenvalue weighted by Gasteiger charge is 2.39. The van der Waals surface area contributed by atoms with Gasteiger partial charge in [-0.15, -0.1) is 0 Å². The Morgan fingerprint density at radius 1 is 0.429 bits per heavy atom. The first-order valence-electron chi connectivity index (χ1n) is 16.8. The van der Waals surface area contributed by atoms with Gasteiger partial charge in [0.2, 0.25) is 0 Å². The van der Waals surface area contributed by atoms with Gasteiger partial charge in [0.1, 0.15) is 0 Å². The van der Waals surface area contributed by atoms with E-state index in [0.717, 1.165) is 50.2 Å². The molecule has 0 fully saturated rings. The molecule has 6 aromatic carbocycles. The van der Waals surface area contributed by atoms with Crippen molar-refractivity contribution in [3.05, 3.63) is 175 Å². The number of para-hydroxylation sites is 1. The van der Waals surface area contributed by atoms with Crippen LogP contribution in [0.15, 0.2) is 164 Å². The molecule has 8 aromatic rings. The van der Waals surface area contributed by atoms with E-state index in [4.69, 9.17) is 15.0 Å². The Morgan fingerprint density at radius 3 is 1.78 bits per heavy atom. The molecule has 0 spiro atoms. The average molecular weight is 628 g/mol. The summed E-state index contributed by atoms with van der Waals surface area (Å²) in [6, 6.07) is 57.6. The van der Waals surface area contributed by atoms with Crippen molar-refractivity contribution < 1.29 is 0 Å². The zero-order chi connectivity index (χ0) is 33.0. The van der Waals surface area contributed by atoms with Crippen molar-refractivity contribution in [3.63, 3.8) is 0 Å². The zero-order valence-electron chi connectivity index (χ0n) is 27.4. The van der Waals surface area contributed by atoms with Gasteiger partial charge in [-0.25, -0.2) is 15.0 Å². The zero-order valence-corrected chi connectivity index (χ0v) is 27.4. The molecular formula is C46H33N3.